The molecule has 0 unspecified atom stereocenters. The number of aromatic nitrogens is 3. The van der Waals surface area contributed by atoms with E-state index in [-0.39, 0.29) is 5.82 Å². The maximum atomic E-state index is 14.5. The molecule has 3 rings (SSSR count). The molecule has 0 aliphatic rings. The highest BCUT2D eigenvalue weighted by atomic mass is 32.2. The smallest absolute Gasteiger partial charge is 0.196 e. The average Bonchev–Trinajstić information content (AvgIpc) is 3.10. The molecule has 1 heterocycles. The maximum absolute atomic E-state index is 14.5. The molecule has 0 aliphatic carbocycles. The Bertz CT molecular complexity index is 868. The second-order valence-electron chi connectivity index (χ2n) is 5.75. The van der Waals surface area contributed by atoms with E-state index in [0.717, 1.165) is 23.5 Å². The van der Waals surface area contributed by atoms with E-state index in [1.54, 1.807) is 29.9 Å². The van der Waals surface area contributed by atoms with Crippen LogP contribution in [0.2, 0.25) is 0 Å². The number of thioether (sulfide) groups is 1. The van der Waals surface area contributed by atoms with Crippen LogP contribution in [0.15, 0.2) is 53.7 Å². The highest BCUT2D eigenvalue weighted by Crippen LogP contribution is 2.30. The SMILES string of the molecule is CCOc1ccc(-c2nnc(SCCCOC)n2-c2ccccc2F)cc1. The van der Waals surface area contributed by atoms with Crippen LogP contribution in [-0.4, -0.2) is 40.8 Å². The molecule has 0 amide bonds. The number of methoxy groups -OCH3 is 1. The van der Waals surface area contributed by atoms with Crippen molar-refractivity contribution in [2.45, 2.75) is 18.5 Å². The van der Waals surface area contributed by atoms with Crippen LogP contribution in [0.3, 0.4) is 0 Å². The van der Waals surface area contributed by atoms with Gasteiger partial charge in [0.25, 0.3) is 0 Å². The molecule has 27 heavy (non-hydrogen) atoms. The Hall–Kier alpha value is -2.38. The molecule has 142 valence electrons. The molecule has 0 spiro atoms. The zero-order valence-corrected chi connectivity index (χ0v) is 16.2. The normalized spacial score (nSPS) is 10.9. The molecule has 0 saturated heterocycles. The number of rotatable bonds is 9. The van der Waals surface area contributed by atoms with Crippen LogP contribution in [0.5, 0.6) is 5.75 Å². The molecule has 0 saturated carbocycles. The summed E-state index contributed by atoms with van der Waals surface area (Å²) in [6.45, 7) is 3.22. The van der Waals surface area contributed by atoms with Crippen molar-refractivity contribution < 1.29 is 13.9 Å². The van der Waals surface area contributed by atoms with Crippen LogP contribution >= 0.6 is 11.8 Å². The van der Waals surface area contributed by atoms with Gasteiger partial charge in [0.15, 0.2) is 11.0 Å². The summed E-state index contributed by atoms with van der Waals surface area (Å²) in [5, 5.41) is 9.29. The van der Waals surface area contributed by atoms with Gasteiger partial charge in [-0.05, 0) is 49.7 Å². The minimum absolute atomic E-state index is 0.316. The van der Waals surface area contributed by atoms with Gasteiger partial charge >= 0.3 is 0 Å². The lowest BCUT2D eigenvalue weighted by molar-refractivity contribution is 0.200. The van der Waals surface area contributed by atoms with Gasteiger partial charge in [-0.1, -0.05) is 23.9 Å². The molecular formula is C20H22FN3O2S. The maximum Gasteiger partial charge on any atom is 0.196 e. The largest absolute Gasteiger partial charge is 0.494 e. The number of nitrogens with zero attached hydrogens (tertiary/aromatic N) is 3. The van der Waals surface area contributed by atoms with Crippen molar-refractivity contribution in [2.24, 2.45) is 0 Å². The fourth-order valence-electron chi connectivity index (χ4n) is 2.63. The summed E-state index contributed by atoms with van der Waals surface area (Å²) in [5.74, 6) is 1.87. The van der Waals surface area contributed by atoms with Crippen LogP contribution in [0.1, 0.15) is 13.3 Å². The second-order valence-corrected chi connectivity index (χ2v) is 6.81. The van der Waals surface area contributed by atoms with Crippen LogP contribution in [0.4, 0.5) is 4.39 Å². The van der Waals surface area contributed by atoms with E-state index in [1.807, 2.05) is 31.2 Å². The summed E-state index contributed by atoms with van der Waals surface area (Å²) < 4.78 is 26.9. The third-order valence-electron chi connectivity index (χ3n) is 3.87. The van der Waals surface area contributed by atoms with Gasteiger partial charge in [0.05, 0.1) is 12.3 Å². The summed E-state index contributed by atoms with van der Waals surface area (Å²) >= 11 is 1.54. The van der Waals surface area contributed by atoms with E-state index in [4.69, 9.17) is 9.47 Å². The van der Waals surface area contributed by atoms with Crippen molar-refractivity contribution in [1.82, 2.24) is 14.8 Å². The summed E-state index contributed by atoms with van der Waals surface area (Å²) in [7, 11) is 1.68. The van der Waals surface area contributed by atoms with Crippen LogP contribution in [-0.2, 0) is 4.74 Å². The Kier molecular flexibility index (Phi) is 6.84. The number of ether oxygens (including phenoxy) is 2. The number of hydrogen-bond acceptors (Lipinski definition) is 5. The third kappa shape index (κ3) is 4.67. The van der Waals surface area contributed by atoms with Crippen molar-refractivity contribution in [3.05, 3.63) is 54.3 Å². The molecule has 7 heteroatoms. The van der Waals surface area contributed by atoms with E-state index in [2.05, 4.69) is 10.2 Å². The number of hydrogen-bond donors (Lipinski definition) is 0. The Morgan fingerprint density at radius 3 is 2.56 bits per heavy atom. The van der Waals surface area contributed by atoms with Gasteiger partial charge in [-0.3, -0.25) is 4.57 Å². The first kappa shape index (κ1) is 19.4. The molecule has 1 aromatic heterocycles. The monoisotopic (exact) mass is 387 g/mol. The molecule has 0 N–H and O–H groups in total. The summed E-state index contributed by atoms with van der Waals surface area (Å²) in [6, 6.07) is 14.2. The standard InChI is InChI=1S/C20H22FN3O2S/c1-3-26-16-11-9-15(10-12-16)19-22-23-20(27-14-6-13-25-2)24(19)18-8-5-4-7-17(18)21/h4-5,7-12H,3,6,13-14H2,1-2H3. The van der Waals surface area contributed by atoms with E-state index in [1.165, 1.54) is 17.8 Å². The van der Waals surface area contributed by atoms with Gasteiger partial charge < -0.3 is 9.47 Å². The molecule has 5 nitrogen and oxygen atoms in total. The second kappa shape index (κ2) is 9.53. The molecule has 0 fully saturated rings. The highest BCUT2D eigenvalue weighted by Gasteiger charge is 2.18. The van der Waals surface area contributed by atoms with Gasteiger partial charge in [-0.15, -0.1) is 10.2 Å². The lowest BCUT2D eigenvalue weighted by Crippen LogP contribution is -2.03. The summed E-state index contributed by atoms with van der Waals surface area (Å²) in [4.78, 5) is 0. The van der Waals surface area contributed by atoms with Crippen molar-refractivity contribution in [3.8, 4) is 22.8 Å². The molecule has 0 radical (unpaired) electrons. The highest BCUT2D eigenvalue weighted by molar-refractivity contribution is 7.99. The lowest BCUT2D eigenvalue weighted by Gasteiger charge is -2.11. The van der Waals surface area contributed by atoms with E-state index >= 15 is 0 Å². The Balaban J connectivity index is 1.98. The van der Waals surface area contributed by atoms with E-state index < -0.39 is 0 Å². The van der Waals surface area contributed by atoms with Crippen molar-refractivity contribution in [2.75, 3.05) is 26.1 Å². The fourth-order valence-corrected chi connectivity index (χ4v) is 3.49. The first-order chi connectivity index (χ1) is 13.2. The molecule has 0 bridgehead atoms. The van der Waals surface area contributed by atoms with Crippen LogP contribution in [0.25, 0.3) is 17.1 Å². The van der Waals surface area contributed by atoms with E-state index in [0.29, 0.717) is 29.9 Å². The summed E-state index contributed by atoms with van der Waals surface area (Å²) in [5.41, 5.74) is 1.28. The summed E-state index contributed by atoms with van der Waals surface area (Å²) in [6.07, 6.45) is 0.879. The van der Waals surface area contributed by atoms with Crippen molar-refractivity contribution >= 4 is 11.8 Å². The molecule has 2 aromatic carbocycles. The minimum atomic E-state index is -0.316. The average molecular weight is 387 g/mol. The minimum Gasteiger partial charge on any atom is -0.494 e. The fraction of sp³-hybridized carbons (Fsp3) is 0.300. The van der Waals surface area contributed by atoms with Crippen LogP contribution < -0.4 is 4.74 Å². The molecular weight excluding hydrogens is 365 g/mol. The molecule has 0 atom stereocenters. The van der Waals surface area contributed by atoms with Crippen LogP contribution in [0, 0.1) is 5.82 Å². The van der Waals surface area contributed by atoms with Crippen molar-refractivity contribution in [3.63, 3.8) is 0 Å². The lowest BCUT2D eigenvalue weighted by atomic mass is 10.2. The first-order valence-electron chi connectivity index (χ1n) is 8.80. The molecule has 3 aromatic rings. The van der Waals surface area contributed by atoms with Crippen molar-refractivity contribution in [1.29, 1.82) is 0 Å². The number of halogens is 1. The predicted octanol–water partition coefficient (Wildman–Crippen LogP) is 4.60. The Labute approximate surface area is 162 Å². The predicted molar refractivity (Wildman–Crippen MR) is 105 cm³/mol. The zero-order chi connectivity index (χ0) is 19.1. The van der Waals surface area contributed by atoms with Gasteiger partial charge in [0.1, 0.15) is 11.6 Å². The number of para-hydroxylation sites is 1. The first-order valence-corrected chi connectivity index (χ1v) is 9.78. The van der Waals surface area contributed by atoms with Gasteiger partial charge in [0.2, 0.25) is 0 Å². The Morgan fingerprint density at radius 2 is 1.85 bits per heavy atom. The van der Waals surface area contributed by atoms with Gasteiger partial charge in [-0.25, -0.2) is 4.39 Å². The quantitative estimate of drug-likeness (QED) is 0.397. The van der Waals surface area contributed by atoms with Gasteiger partial charge in [-0.2, -0.15) is 0 Å². The Morgan fingerprint density at radius 1 is 1.07 bits per heavy atom. The topological polar surface area (TPSA) is 49.2 Å². The van der Waals surface area contributed by atoms with E-state index in [9.17, 15) is 4.39 Å². The zero-order valence-electron chi connectivity index (χ0n) is 15.4. The third-order valence-corrected chi connectivity index (χ3v) is 4.89. The molecule has 0 aliphatic heterocycles. The van der Waals surface area contributed by atoms with Gasteiger partial charge in [0, 0.05) is 25.0 Å². The number of benzene rings is 2.